The fourth-order valence-corrected chi connectivity index (χ4v) is 2.82. The van der Waals surface area contributed by atoms with Crippen molar-refractivity contribution in [1.82, 2.24) is 10.2 Å². The second-order valence-electron chi connectivity index (χ2n) is 4.49. The van der Waals surface area contributed by atoms with E-state index >= 15 is 0 Å². The Hall–Kier alpha value is -0.380. The van der Waals surface area contributed by atoms with E-state index in [0.717, 1.165) is 32.6 Å². The minimum atomic E-state index is 0.557. The van der Waals surface area contributed by atoms with Crippen LogP contribution >= 0.6 is 11.3 Å². The first-order valence-corrected chi connectivity index (χ1v) is 7.54. The molecule has 1 N–H and O–H groups in total. The van der Waals surface area contributed by atoms with Gasteiger partial charge in [-0.15, -0.1) is 11.3 Å². The molecule has 1 aromatic rings. The van der Waals surface area contributed by atoms with E-state index in [1.807, 2.05) is 11.3 Å². The predicted molar refractivity (Wildman–Crippen MR) is 77.8 cm³/mol. The van der Waals surface area contributed by atoms with Crippen LogP contribution in [0.25, 0.3) is 0 Å². The topological polar surface area (TPSA) is 15.3 Å². The molecule has 17 heavy (non-hydrogen) atoms. The van der Waals surface area contributed by atoms with Crippen molar-refractivity contribution in [3.05, 3.63) is 21.9 Å². The second kappa shape index (κ2) is 7.85. The van der Waals surface area contributed by atoms with E-state index in [1.165, 1.54) is 9.75 Å². The molecular formula is C14H26N2S. The van der Waals surface area contributed by atoms with Crippen molar-refractivity contribution in [2.75, 3.05) is 19.6 Å². The molecule has 98 valence electrons. The minimum Gasteiger partial charge on any atom is -0.308 e. The van der Waals surface area contributed by atoms with Crippen LogP contribution in [0.3, 0.4) is 0 Å². The summed E-state index contributed by atoms with van der Waals surface area (Å²) in [7, 11) is 0. The van der Waals surface area contributed by atoms with Gasteiger partial charge in [-0.2, -0.15) is 0 Å². The number of nitrogens with one attached hydrogen (secondary N) is 1. The predicted octanol–water partition coefficient (Wildman–Crippen LogP) is 3.13. The molecule has 0 bridgehead atoms. The van der Waals surface area contributed by atoms with E-state index in [2.05, 4.69) is 50.0 Å². The summed E-state index contributed by atoms with van der Waals surface area (Å²) >= 11 is 1.93. The Morgan fingerprint density at radius 2 is 1.82 bits per heavy atom. The molecule has 1 rings (SSSR count). The summed E-state index contributed by atoms with van der Waals surface area (Å²) in [5.41, 5.74) is 0. The van der Waals surface area contributed by atoms with Gasteiger partial charge in [0.05, 0.1) is 0 Å². The van der Waals surface area contributed by atoms with Crippen molar-refractivity contribution in [3.63, 3.8) is 0 Å². The molecule has 1 aromatic heterocycles. The Morgan fingerprint density at radius 3 is 2.35 bits per heavy atom. The van der Waals surface area contributed by atoms with Crippen molar-refractivity contribution in [2.45, 2.75) is 46.7 Å². The summed E-state index contributed by atoms with van der Waals surface area (Å²) in [4.78, 5) is 5.40. The van der Waals surface area contributed by atoms with E-state index in [-0.39, 0.29) is 0 Å². The van der Waals surface area contributed by atoms with Crippen molar-refractivity contribution in [2.24, 2.45) is 0 Å². The van der Waals surface area contributed by atoms with E-state index in [9.17, 15) is 0 Å². The van der Waals surface area contributed by atoms with Gasteiger partial charge >= 0.3 is 0 Å². The summed E-state index contributed by atoms with van der Waals surface area (Å²) in [6.07, 6.45) is 1.15. The highest BCUT2D eigenvalue weighted by molar-refractivity contribution is 7.11. The summed E-state index contributed by atoms with van der Waals surface area (Å²) in [6.45, 7) is 13.4. The van der Waals surface area contributed by atoms with Crippen molar-refractivity contribution < 1.29 is 0 Å². The van der Waals surface area contributed by atoms with Crippen LogP contribution in [0.5, 0.6) is 0 Å². The van der Waals surface area contributed by atoms with Crippen molar-refractivity contribution in [3.8, 4) is 0 Å². The van der Waals surface area contributed by atoms with Gasteiger partial charge in [-0.25, -0.2) is 0 Å². The van der Waals surface area contributed by atoms with Crippen LogP contribution < -0.4 is 5.32 Å². The number of aryl methyl sites for hydroxylation is 1. The third kappa shape index (κ3) is 5.19. The van der Waals surface area contributed by atoms with Gasteiger partial charge in [0.15, 0.2) is 0 Å². The van der Waals surface area contributed by atoms with E-state index in [1.54, 1.807) is 0 Å². The zero-order chi connectivity index (χ0) is 12.7. The molecule has 0 saturated carbocycles. The summed E-state index contributed by atoms with van der Waals surface area (Å²) < 4.78 is 0. The lowest BCUT2D eigenvalue weighted by atomic mass is 10.3. The third-order valence-corrected chi connectivity index (χ3v) is 4.35. The molecule has 1 heterocycles. The maximum Gasteiger partial charge on any atom is 0.0302 e. The number of hydrogen-bond donors (Lipinski definition) is 1. The Kier molecular flexibility index (Phi) is 6.78. The van der Waals surface area contributed by atoms with E-state index in [4.69, 9.17) is 0 Å². The fraction of sp³-hybridized carbons (Fsp3) is 0.714. The molecule has 2 nitrogen and oxygen atoms in total. The SMILES string of the molecule is CCc1ccc(CNC(C)CN(CC)CC)s1. The lowest BCUT2D eigenvalue weighted by molar-refractivity contribution is 0.271. The summed E-state index contributed by atoms with van der Waals surface area (Å²) in [5.74, 6) is 0. The fourth-order valence-electron chi connectivity index (χ4n) is 1.92. The first kappa shape index (κ1) is 14.7. The van der Waals surface area contributed by atoms with Crippen molar-refractivity contribution >= 4 is 11.3 Å². The normalized spacial score (nSPS) is 13.2. The Bertz CT molecular complexity index is 305. The zero-order valence-corrected chi connectivity index (χ0v) is 12.4. The molecule has 0 aliphatic rings. The molecular weight excluding hydrogens is 228 g/mol. The molecule has 1 atom stereocenters. The average molecular weight is 254 g/mol. The highest BCUT2D eigenvalue weighted by atomic mass is 32.1. The number of thiophene rings is 1. The molecule has 0 saturated heterocycles. The van der Waals surface area contributed by atoms with Crippen LogP contribution in [0.15, 0.2) is 12.1 Å². The number of rotatable bonds is 8. The van der Waals surface area contributed by atoms with Gasteiger partial charge < -0.3 is 10.2 Å². The van der Waals surface area contributed by atoms with Crippen LogP contribution in [0.4, 0.5) is 0 Å². The van der Waals surface area contributed by atoms with Crippen LogP contribution in [0.2, 0.25) is 0 Å². The van der Waals surface area contributed by atoms with Gasteiger partial charge in [0, 0.05) is 28.9 Å². The molecule has 1 unspecified atom stereocenters. The second-order valence-corrected chi connectivity index (χ2v) is 5.74. The quantitative estimate of drug-likeness (QED) is 0.767. The molecule has 0 amide bonds. The molecule has 0 fully saturated rings. The Balaban J connectivity index is 2.29. The lowest BCUT2D eigenvalue weighted by Gasteiger charge is -2.23. The average Bonchev–Trinajstić information content (AvgIpc) is 2.81. The van der Waals surface area contributed by atoms with Gasteiger partial charge in [-0.1, -0.05) is 20.8 Å². The molecule has 0 spiro atoms. The number of nitrogens with zero attached hydrogens (tertiary/aromatic N) is 1. The summed E-state index contributed by atoms with van der Waals surface area (Å²) in [6, 6.07) is 5.05. The summed E-state index contributed by atoms with van der Waals surface area (Å²) in [5, 5.41) is 3.60. The maximum absolute atomic E-state index is 3.60. The molecule has 0 radical (unpaired) electrons. The van der Waals surface area contributed by atoms with E-state index < -0.39 is 0 Å². The van der Waals surface area contributed by atoms with E-state index in [0.29, 0.717) is 6.04 Å². The first-order chi connectivity index (χ1) is 8.19. The standard InChI is InChI=1S/C14H26N2S/c1-5-13-8-9-14(17-13)10-15-12(4)11-16(6-2)7-3/h8-9,12,15H,5-7,10-11H2,1-4H3. The van der Waals surface area contributed by atoms with Gasteiger partial charge in [0.25, 0.3) is 0 Å². The molecule has 3 heteroatoms. The van der Waals surface area contributed by atoms with Gasteiger partial charge in [0.2, 0.25) is 0 Å². The van der Waals surface area contributed by atoms with Gasteiger partial charge in [-0.3, -0.25) is 0 Å². The van der Waals surface area contributed by atoms with Crippen LogP contribution in [0.1, 0.15) is 37.4 Å². The first-order valence-electron chi connectivity index (χ1n) is 6.72. The van der Waals surface area contributed by atoms with Gasteiger partial charge in [-0.05, 0) is 38.6 Å². The smallest absolute Gasteiger partial charge is 0.0302 e. The monoisotopic (exact) mass is 254 g/mol. The molecule has 0 aliphatic carbocycles. The highest BCUT2D eigenvalue weighted by Crippen LogP contribution is 2.16. The third-order valence-electron chi connectivity index (χ3n) is 3.12. The Morgan fingerprint density at radius 1 is 1.18 bits per heavy atom. The maximum atomic E-state index is 3.60. The minimum absolute atomic E-state index is 0.557. The van der Waals surface area contributed by atoms with Crippen LogP contribution in [0, 0.1) is 0 Å². The largest absolute Gasteiger partial charge is 0.308 e. The lowest BCUT2D eigenvalue weighted by Crippen LogP contribution is -2.38. The Labute approximate surface area is 110 Å². The highest BCUT2D eigenvalue weighted by Gasteiger charge is 2.07. The molecule has 0 aromatic carbocycles. The number of likely N-dealkylation sites (N-methyl/N-ethyl adjacent to an activating group) is 1. The molecule has 0 aliphatic heterocycles. The van der Waals surface area contributed by atoms with Crippen LogP contribution in [-0.2, 0) is 13.0 Å². The van der Waals surface area contributed by atoms with Crippen molar-refractivity contribution in [1.29, 1.82) is 0 Å². The zero-order valence-electron chi connectivity index (χ0n) is 11.6. The number of hydrogen-bond acceptors (Lipinski definition) is 3. The van der Waals surface area contributed by atoms with Gasteiger partial charge in [0.1, 0.15) is 0 Å². The van der Waals surface area contributed by atoms with Crippen LogP contribution in [-0.4, -0.2) is 30.6 Å².